The number of carbonyl (C=O) groups excluding carboxylic acids is 1. The van der Waals surface area contributed by atoms with Crippen LogP contribution in [0.15, 0.2) is 12.1 Å². The van der Waals surface area contributed by atoms with Gasteiger partial charge in [-0.15, -0.1) is 5.10 Å². The molecule has 0 spiro atoms. The average molecular weight is 238 g/mol. The maximum atomic E-state index is 10.8. The Balaban J connectivity index is 2.51. The van der Waals surface area contributed by atoms with E-state index in [1.165, 1.54) is 7.11 Å². The number of nitrogens with two attached hydrogens (primary N) is 1. The Labute approximate surface area is 101 Å². The van der Waals surface area contributed by atoms with E-state index in [2.05, 4.69) is 15.5 Å². The molecule has 1 heterocycles. The largest absolute Gasteiger partial charge is 0.480 e. The molecule has 1 amide bonds. The van der Waals surface area contributed by atoms with Crippen molar-refractivity contribution in [1.29, 1.82) is 0 Å². The highest BCUT2D eigenvalue weighted by Crippen LogP contribution is 2.09. The zero-order valence-corrected chi connectivity index (χ0v) is 10.4. The van der Waals surface area contributed by atoms with Gasteiger partial charge in [0.2, 0.25) is 11.8 Å². The van der Waals surface area contributed by atoms with Crippen molar-refractivity contribution in [3.8, 4) is 5.88 Å². The molecule has 0 unspecified atom stereocenters. The van der Waals surface area contributed by atoms with Crippen LogP contribution in [0.3, 0.4) is 0 Å². The Morgan fingerprint density at radius 1 is 1.47 bits per heavy atom. The van der Waals surface area contributed by atoms with Gasteiger partial charge in [-0.3, -0.25) is 4.79 Å². The van der Waals surface area contributed by atoms with E-state index >= 15 is 0 Å². The van der Waals surface area contributed by atoms with Crippen molar-refractivity contribution in [2.24, 2.45) is 5.73 Å². The summed E-state index contributed by atoms with van der Waals surface area (Å²) >= 11 is 0. The number of hydrogen-bond donors (Lipinski definition) is 2. The van der Waals surface area contributed by atoms with Gasteiger partial charge in [-0.1, -0.05) is 0 Å². The molecule has 0 saturated carbocycles. The van der Waals surface area contributed by atoms with Gasteiger partial charge in [-0.2, -0.15) is 5.10 Å². The van der Waals surface area contributed by atoms with Gasteiger partial charge in [0.05, 0.1) is 12.8 Å². The Kier molecular flexibility index (Phi) is 4.39. The highest BCUT2D eigenvalue weighted by molar-refractivity contribution is 5.74. The second-order valence-corrected chi connectivity index (χ2v) is 4.45. The zero-order chi connectivity index (χ0) is 12.9. The van der Waals surface area contributed by atoms with E-state index in [1.807, 2.05) is 19.9 Å². The van der Waals surface area contributed by atoms with Gasteiger partial charge in [0.1, 0.15) is 0 Å². The molecular formula is C11H18N4O2. The quantitative estimate of drug-likeness (QED) is 0.740. The lowest BCUT2D eigenvalue weighted by molar-refractivity contribution is -0.119. The van der Waals surface area contributed by atoms with E-state index in [9.17, 15) is 4.79 Å². The van der Waals surface area contributed by atoms with Crippen molar-refractivity contribution >= 4 is 5.91 Å². The summed E-state index contributed by atoms with van der Waals surface area (Å²) in [5.74, 6) is 0.147. The summed E-state index contributed by atoms with van der Waals surface area (Å²) in [5, 5.41) is 11.0. The number of amides is 1. The van der Waals surface area contributed by atoms with Crippen LogP contribution < -0.4 is 15.8 Å². The zero-order valence-electron chi connectivity index (χ0n) is 10.4. The van der Waals surface area contributed by atoms with Crippen LogP contribution in [0.5, 0.6) is 5.88 Å². The molecule has 1 aromatic rings. The third kappa shape index (κ3) is 4.78. The minimum Gasteiger partial charge on any atom is -0.480 e. The number of hydrogen-bond acceptors (Lipinski definition) is 5. The number of nitrogens with zero attached hydrogens (tertiary/aromatic N) is 2. The maximum absolute atomic E-state index is 10.8. The number of primary amides is 1. The molecule has 0 saturated heterocycles. The second kappa shape index (κ2) is 5.58. The van der Waals surface area contributed by atoms with Crippen LogP contribution in [0.4, 0.5) is 0 Å². The first-order chi connectivity index (χ1) is 7.93. The van der Waals surface area contributed by atoms with Crippen LogP contribution in [0.1, 0.15) is 26.0 Å². The lowest BCUT2D eigenvalue weighted by Crippen LogP contribution is -2.42. The number of methoxy groups -OCH3 is 1. The summed E-state index contributed by atoms with van der Waals surface area (Å²) in [6.45, 7) is 4.35. The molecule has 0 aliphatic rings. The van der Waals surface area contributed by atoms with Crippen molar-refractivity contribution in [1.82, 2.24) is 15.5 Å². The molecule has 94 valence electrons. The molecule has 0 radical (unpaired) electrons. The topological polar surface area (TPSA) is 90.1 Å². The Hall–Kier alpha value is -1.69. The molecule has 1 rings (SSSR count). The normalized spacial score (nSPS) is 11.2. The molecular weight excluding hydrogens is 220 g/mol. The van der Waals surface area contributed by atoms with Crippen LogP contribution in [-0.4, -0.2) is 28.8 Å². The van der Waals surface area contributed by atoms with Crippen LogP contribution in [-0.2, 0) is 11.3 Å². The molecule has 6 heteroatoms. The fourth-order valence-electron chi connectivity index (χ4n) is 1.38. The van der Waals surface area contributed by atoms with Gasteiger partial charge in [0.25, 0.3) is 0 Å². The summed E-state index contributed by atoms with van der Waals surface area (Å²) in [7, 11) is 1.54. The monoisotopic (exact) mass is 238 g/mol. The van der Waals surface area contributed by atoms with Gasteiger partial charge in [0.15, 0.2) is 0 Å². The van der Waals surface area contributed by atoms with Gasteiger partial charge in [-0.05, 0) is 19.9 Å². The summed E-state index contributed by atoms with van der Waals surface area (Å²) in [6.07, 6.45) is 0.274. The SMILES string of the molecule is COc1ccc(CNC(C)(C)CC(N)=O)nn1. The van der Waals surface area contributed by atoms with Gasteiger partial charge < -0.3 is 15.8 Å². The molecule has 0 atom stereocenters. The lowest BCUT2D eigenvalue weighted by atomic mass is 10.0. The second-order valence-electron chi connectivity index (χ2n) is 4.45. The molecule has 6 nitrogen and oxygen atoms in total. The summed E-state index contributed by atoms with van der Waals surface area (Å²) in [6, 6.07) is 3.56. The number of aromatic nitrogens is 2. The fourth-order valence-corrected chi connectivity index (χ4v) is 1.38. The highest BCUT2D eigenvalue weighted by atomic mass is 16.5. The Bertz CT molecular complexity index is 376. The first kappa shape index (κ1) is 13.4. The van der Waals surface area contributed by atoms with Gasteiger partial charge in [0, 0.05) is 24.6 Å². The third-order valence-electron chi connectivity index (χ3n) is 2.27. The first-order valence-electron chi connectivity index (χ1n) is 5.33. The molecule has 1 aromatic heterocycles. The summed E-state index contributed by atoms with van der Waals surface area (Å²) < 4.78 is 4.91. The van der Waals surface area contributed by atoms with Crippen LogP contribution >= 0.6 is 0 Å². The van der Waals surface area contributed by atoms with Gasteiger partial charge in [-0.25, -0.2) is 0 Å². The number of ether oxygens (including phenoxy) is 1. The molecule has 0 aromatic carbocycles. The minimum absolute atomic E-state index is 0.274. The van der Waals surface area contributed by atoms with E-state index in [0.29, 0.717) is 12.4 Å². The standard InChI is InChI=1S/C11H18N4O2/c1-11(2,6-9(12)16)13-7-8-4-5-10(17-3)15-14-8/h4-5,13H,6-7H2,1-3H3,(H2,12,16). The maximum Gasteiger partial charge on any atom is 0.233 e. The predicted molar refractivity (Wildman–Crippen MR) is 63.3 cm³/mol. The predicted octanol–water partition coefficient (Wildman–Crippen LogP) is 0.229. The van der Waals surface area contributed by atoms with Crippen LogP contribution in [0, 0.1) is 0 Å². The molecule has 0 bridgehead atoms. The minimum atomic E-state index is -0.354. The fraction of sp³-hybridized carbons (Fsp3) is 0.545. The number of carbonyl (C=O) groups is 1. The Morgan fingerprint density at radius 3 is 2.65 bits per heavy atom. The highest BCUT2D eigenvalue weighted by Gasteiger charge is 2.19. The van der Waals surface area contributed by atoms with Gasteiger partial charge >= 0.3 is 0 Å². The van der Waals surface area contributed by atoms with E-state index in [1.54, 1.807) is 6.07 Å². The van der Waals surface area contributed by atoms with E-state index in [4.69, 9.17) is 10.5 Å². The molecule has 0 fully saturated rings. The lowest BCUT2D eigenvalue weighted by Gasteiger charge is -2.24. The molecule has 17 heavy (non-hydrogen) atoms. The smallest absolute Gasteiger partial charge is 0.233 e. The molecule has 0 aliphatic heterocycles. The van der Waals surface area contributed by atoms with Crippen molar-refractivity contribution in [2.75, 3.05) is 7.11 Å². The van der Waals surface area contributed by atoms with E-state index < -0.39 is 0 Å². The van der Waals surface area contributed by atoms with Crippen molar-refractivity contribution in [2.45, 2.75) is 32.4 Å². The summed E-state index contributed by atoms with van der Waals surface area (Å²) in [5.41, 5.74) is 5.59. The van der Waals surface area contributed by atoms with Crippen molar-refractivity contribution < 1.29 is 9.53 Å². The number of nitrogens with one attached hydrogen (secondary N) is 1. The third-order valence-corrected chi connectivity index (χ3v) is 2.27. The first-order valence-corrected chi connectivity index (χ1v) is 5.33. The summed E-state index contributed by atoms with van der Waals surface area (Å²) in [4.78, 5) is 10.8. The van der Waals surface area contributed by atoms with Crippen molar-refractivity contribution in [3.63, 3.8) is 0 Å². The van der Waals surface area contributed by atoms with Crippen molar-refractivity contribution in [3.05, 3.63) is 17.8 Å². The van der Waals surface area contributed by atoms with E-state index in [0.717, 1.165) is 5.69 Å². The van der Waals surface area contributed by atoms with Crippen LogP contribution in [0.25, 0.3) is 0 Å². The Morgan fingerprint density at radius 2 is 2.18 bits per heavy atom. The molecule has 0 aliphatic carbocycles. The van der Waals surface area contributed by atoms with Crippen LogP contribution in [0.2, 0.25) is 0 Å². The van der Waals surface area contributed by atoms with E-state index in [-0.39, 0.29) is 17.9 Å². The average Bonchev–Trinajstić information content (AvgIpc) is 2.25. The number of rotatable bonds is 6. The molecule has 3 N–H and O–H groups in total.